The average molecular weight is 427 g/mol. The highest BCUT2D eigenvalue weighted by Gasteiger charge is 2.14. The van der Waals surface area contributed by atoms with E-state index in [1.54, 1.807) is 0 Å². The van der Waals surface area contributed by atoms with Crippen LogP contribution in [0.5, 0.6) is 0 Å². The van der Waals surface area contributed by atoms with Crippen molar-refractivity contribution in [3.63, 3.8) is 0 Å². The van der Waals surface area contributed by atoms with Crippen LogP contribution in [0.4, 0.5) is 0 Å². The maximum absolute atomic E-state index is 9.99. The Kier molecular flexibility index (Phi) is 17.7. The Morgan fingerprint density at radius 3 is 0.931 bits per heavy atom. The second-order valence-corrected chi connectivity index (χ2v) is 5.30. The van der Waals surface area contributed by atoms with Crippen molar-refractivity contribution in [3.05, 3.63) is 0 Å². The molecule has 0 rings (SSSR count). The van der Waals surface area contributed by atoms with E-state index in [4.69, 9.17) is 47.8 Å². The fourth-order valence-corrected chi connectivity index (χ4v) is 1.08. The lowest BCUT2D eigenvalue weighted by Crippen LogP contribution is -2.32. The summed E-state index contributed by atoms with van der Waals surface area (Å²) < 4.78 is 0. The van der Waals surface area contributed by atoms with Gasteiger partial charge in [0.15, 0.2) is 0 Å². The van der Waals surface area contributed by atoms with Gasteiger partial charge in [-0.2, -0.15) is 0 Å². The van der Waals surface area contributed by atoms with E-state index < -0.39 is 60.4 Å². The number of aliphatic carboxylic acids is 6. The third kappa shape index (κ3) is 24.7. The van der Waals surface area contributed by atoms with Crippen LogP contribution in [-0.2, 0) is 28.8 Å². The lowest BCUT2D eigenvalue weighted by Gasteiger charge is -2.01. The van der Waals surface area contributed by atoms with Gasteiger partial charge >= 0.3 is 35.8 Å². The summed E-state index contributed by atoms with van der Waals surface area (Å²) in [5.41, 5.74) is 14.8. The van der Waals surface area contributed by atoms with Gasteiger partial charge in [0.25, 0.3) is 0 Å². The van der Waals surface area contributed by atoms with Crippen molar-refractivity contribution >= 4 is 35.8 Å². The number of carboxylic acid groups (broad SMARTS) is 6. The molecule has 0 radical (unpaired) electrons. The molecule has 12 N–H and O–H groups in total. The van der Waals surface area contributed by atoms with E-state index in [9.17, 15) is 28.8 Å². The molecule has 29 heavy (non-hydrogen) atoms. The molecule has 0 unspecified atom stereocenters. The minimum absolute atomic E-state index is 0.0231. The van der Waals surface area contributed by atoms with Crippen molar-refractivity contribution in [2.45, 2.75) is 50.2 Å². The zero-order chi connectivity index (χ0) is 23.7. The molecule has 15 heteroatoms. The summed E-state index contributed by atoms with van der Waals surface area (Å²) in [7, 11) is 0. The van der Waals surface area contributed by atoms with E-state index in [2.05, 4.69) is 0 Å². The third-order valence-corrected chi connectivity index (χ3v) is 2.68. The second kappa shape index (κ2) is 16.8. The summed E-state index contributed by atoms with van der Waals surface area (Å²) >= 11 is 0. The molecule has 3 atom stereocenters. The maximum Gasteiger partial charge on any atom is 0.321 e. The smallest absolute Gasteiger partial charge is 0.321 e. The van der Waals surface area contributed by atoms with Gasteiger partial charge in [-0.05, 0) is 12.8 Å². The van der Waals surface area contributed by atoms with Crippen LogP contribution in [0.25, 0.3) is 0 Å². The first kappa shape index (κ1) is 30.4. The van der Waals surface area contributed by atoms with E-state index in [-0.39, 0.29) is 25.7 Å². The molecule has 0 spiro atoms. The van der Waals surface area contributed by atoms with Crippen LogP contribution in [0, 0.1) is 0 Å². The van der Waals surface area contributed by atoms with Crippen LogP contribution in [-0.4, -0.2) is 84.6 Å². The first-order valence-corrected chi connectivity index (χ1v) is 7.72. The van der Waals surface area contributed by atoms with Crippen molar-refractivity contribution in [2.24, 2.45) is 17.2 Å². The normalized spacial score (nSPS) is 12.5. The lowest BCUT2D eigenvalue weighted by atomic mass is 10.2. The lowest BCUT2D eigenvalue weighted by molar-refractivity contribution is -0.144. The summed E-state index contributed by atoms with van der Waals surface area (Å²) in [6, 6.07) is -3.41. The highest BCUT2D eigenvalue weighted by atomic mass is 16.4. The average Bonchev–Trinajstić information content (AvgIpc) is 2.57. The van der Waals surface area contributed by atoms with Crippen LogP contribution in [0.3, 0.4) is 0 Å². The van der Waals surface area contributed by atoms with Crippen LogP contribution >= 0.6 is 0 Å². The fraction of sp³-hybridized carbons (Fsp3) is 0.571. The molecule has 0 heterocycles. The Morgan fingerprint density at radius 1 is 0.517 bits per heavy atom. The Labute approximate surface area is 163 Å². The van der Waals surface area contributed by atoms with Crippen molar-refractivity contribution in [2.75, 3.05) is 0 Å². The van der Waals surface area contributed by atoms with Gasteiger partial charge in [-0.1, -0.05) is 0 Å². The van der Waals surface area contributed by atoms with E-state index in [1.807, 2.05) is 0 Å². The maximum atomic E-state index is 9.99. The zero-order valence-corrected chi connectivity index (χ0v) is 15.1. The molecule has 0 amide bonds. The summed E-state index contributed by atoms with van der Waals surface area (Å²) in [6.07, 6.45) is -0.981. The summed E-state index contributed by atoms with van der Waals surface area (Å²) in [6.45, 7) is 0. The predicted molar refractivity (Wildman–Crippen MR) is 92.8 cm³/mol. The van der Waals surface area contributed by atoms with Crippen LogP contribution < -0.4 is 17.2 Å². The minimum Gasteiger partial charge on any atom is -0.481 e. The molecular weight excluding hydrogens is 402 g/mol. The number of nitrogens with two attached hydrogens (primary N) is 3. The molecule has 0 saturated carbocycles. The first-order valence-electron chi connectivity index (χ1n) is 7.72. The number of carbonyl (C=O) groups is 6. The Bertz CT molecular complexity index is 546. The standard InChI is InChI=1S/2C5H9NO4.C4H7NO4/c2*6-3(5(9)10)1-2-4(7)8;5-2(4(8)9)1-3(6)7/h2*3H,1-2,6H2,(H,7,8)(H,9,10);2H,1,5H2,(H,6,7)(H,8,9)/t2*3-;2-/m000/s1. The van der Waals surface area contributed by atoms with E-state index in [0.29, 0.717) is 0 Å². The van der Waals surface area contributed by atoms with E-state index in [1.165, 1.54) is 0 Å². The zero-order valence-electron chi connectivity index (χ0n) is 15.1. The van der Waals surface area contributed by atoms with Crippen LogP contribution in [0.15, 0.2) is 0 Å². The quantitative estimate of drug-likeness (QED) is 0.163. The summed E-state index contributed by atoms with van der Waals surface area (Å²) in [5, 5.41) is 48.6. The largest absolute Gasteiger partial charge is 0.481 e. The molecule has 0 bridgehead atoms. The van der Waals surface area contributed by atoms with Gasteiger partial charge in [0.2, 0.25) is 0 Å². The highest BCUT2D eigenvalue weighted by Crippen LogP contribution is 1.94. The minimum atomic E-state index is -1.29. The van der Waals surface area contributed by atoms with Gasteiger partial charge in [-0.3, -0.25) is 28.8 Å². The molecule has 15 nitrogen and oxygen atoms in total. The third-order valence-electron chi connectivity index (χ3n) is 2.68. The van der Waals surface area contributed by atoms with Crippen molar-refractivity contribution in [3.8, 4) is 0 Å². The molecule has 0 aromatic carbocycles. The van der Waals surface area contributed by atoms with Gasteiger partial charge in [-0.25, -0.2) is 0 Å². The van der Waals surface area contributed by atoms with Crippen molar-refractivity contribution in [1.82, 2.24) is 0 Å². The fourth-order valence-electron chi connectivity index (χ4n) is 1.08. The van der Waals surface area contributed by atoms with Gasteiger partial charge in [-0.15, -0.1) is 0 Å². The second-order valence-electron chi connectivity index (χ2n) is 5.30. The van der Waals surface area contributed by atoms with Gasteiger partial charge in [0, 0.05) is 12.8 Å². The first-order chi connectivity index (χ1) is 13.1. The Morgan fingerprint density at radius 2 is 0.793 bits per heavy atom. The van der Waals surface area contributed by atoms with Gasteiger partial charge < -0.3 is 47.8 Å². The molecule has 0 aliphatic heterocycles. The molecule has 0 aliphatic rings. The molecule has 0 aromatic rings. The van der Waals surface area contributed by atoms with Crippen molar-refractivity contribution in [1.29, 1.82) is 0 Å². The number of hydrogen-bond acceptors (Lipinski definition) is 9. The monoisotopic (exact) mass is 427 g/mol. The molecule has 0 saturated heterocycles. The van der Waals surface area contributed by atoms with Crippen LogP contribution in [0.1, 0.15) is 32.1 Å². The van der Waals surface area contributed by atoms with Gasteiger partial charge in [0.1, 0.15) is 18.1 Å². The molecule has 0 fully saturated rings. The number of hydrogen-bond donors (Lipinski definition) is 9. The highest BCUT2D eigenvalue weighted by molar-refractivity contribution is 5.80. The van der Waals surface area contributed by atoms with Crippen molar-refractivity contribution < 1.29 is 59.4 Å². The molecule has 0 aliphatic carbocycles. The molecular formula is C14H25N3O12. The summed E-state index contributed by atoms with van der Waals surface area (Å²) in [5.74, 6) is -6.89. The Balaban J connectivity index is -0.000000350. The molecule has 0 aromatic heterocycles. The SMILES string of the molecule is N[C@@H](CC(=O)O)C(=O)O.N[C@@H](CCC(=O)O)C(=O)O.N[C@@H](CCC(=O)O)C(=O)O. The van der Waals surface area contributed by atoms with Crippen LogP contribution in [0.2, 0.25) is 0 Å². The summed E-state index contributed by atoms with van der Waals surface area (Å²) in [4.78, 5) is 59.4. The van der Waals surface area contributed by atoms with E-state index in [0.717, 1.165) is 0 Å². The topological polar surface area (TPSA) is 302 Å². The van der Waals surface area contributed by atoms with Gasteiger partial charge in [0.05, 0.1) is 6.42 Å². The van der Waals surface area contributed by atoms with E-state index >= 15 is 0 Å². The Hall–Kier alpha value is -3.30. The number of rotatable bonds is 11. The molecule has 168 valence electrons. The predicted octanol–water partition coefficient (Wildman–Crippen LogP) is -2.60. The number of carboxylic acids is 6.